The zero-order valence-corrected chi connectivity index (χ0v) is 5.49. The van der Waals surface area contributed by atoms with Crippen molar-refractivity contribution < 1.29 is 4.42 Å². The number of aromatic nitrogens is 1. The van der Waals surface area contributed by atoms with Gasteiger partial charge >= 0.3 is 0 Å². The largest absolute Gasteiger partial charge is 0.429 e. The first kappa shape index (κ1) is 5.63. The lowest BCUT2D eigenvalue weighted by Gasteiger charge is -1.73. The van der Waals surface area contributed by atoms with Gasteiger partial charge in [-0.15, -0.1) is 0 Å². The molecule has 0 aromatic carbocycles. The third-order valence-electron chi connectivity index (χ3n) is 0.847. The Hall–Kier alpha value is -0.500. The van der Waals surface area contributed by atoms with E-state index in [1.165, 1.54) is 0 Å². The van der Waals surface area contributed by atoms with Crippen LogP contribution in [0, 0.1) is 13.8 Å². The van der Waals surface area contributed by atoms with Gasteiger partial charge in [-0.3, -0.25) is 0 Å². The van der Waals surface area contributed by atoms with Gasteiger partial charge in [0.2, 0.25) is 5.22 Å². The maximum Gasteiger partial charge on any atom is 0.216 e. The van der Waals surface area contributed by atoms with Crippen LogP contribution in [-0.4, -0.2) is 4.98 Å². The summed E-state index contributed by atoms with van der Waals surface area (Å²) < 4.78 is 4.87. The first-order valence-corrected chi connectivity index (χ1v) is 2.67. The molecule has 1 aromatic rings. The SMILES string of the molecule is Cc1nc(C)c(Cl)o1. The highest BCUT2D eigenvalue weighted by molar-refractivity contribution is 6.29. The molecule has 8 heavy (non-hydrogen) atoms. The lowest BCUT2D eigenvalue weighted by molar-refractivity contribution is 0.523. The van der Waals surface area contributed by atoms with Crippen LogP contribution in [0.2, 0.25) is 5.22 Å². The van der Waals surface area contributed by atoms with Crippen molar-refractivity contribution in [1.82, 2.24) is 4.98 Å². The summed E-state index contributed by atoms with van der Waals surface area (Å²) in [5, 5.41) is 0.391. The van der Waals surface area contributed by atoms with Gasteiger partial charge in [-0.2, -0.15) is 0 Å². The van der Waals surface area contributed by atoms with Crippen molar-refractivity contribution in [3.63, 3.8) is 0 Å². The van der Waals surface area contributed by atoms with E-state index >= 15 is 0 Å². The monoisotopic (exact) mass is 131 g/mol. The van der Waals surface area contributed by atoms with Crippen LogP contribution >= 0.6 is 11.6 Å². The first-order chi connectivity index (χ1) is 3.70. The van der Waals surface area contributed by atoms with E-state index in [-0.39, 0.29) is 0 Å². The number of rotatable bonds is 0. The summed E-state index contributed by atoms with van der Waals surface area (Å²) in [5.74, 6) is 0.618. The highest BCUT2D eigenvalue weighted by Gasteiger charge is 1.99. The molecule has 1 heterocycles. The van der Waals surface area contributed by atoms with Crippen molar-refractivity contribution in [1.29, 1.82) is 0 Å². The van der Waals surface area contributed by atoms with Crippen molar-refractivity contribution in [2.45, 2.75) is 13.8 Å². The highest BCUT2D eigenvalue weighted by atomic mass is 35.5. The Bertz CT molecular complexity index is 175. The lowest BCUT2D eigenvalue weighted by Crippen LogP contribution is -1.68. The first-order valence-electron chi connectivity index (χ1n) is 2.29. The molecule has 0 spiro atoms. The zero-order valence-electron chi connectivity index (χ0n) is 4.73. The molecule has 0 saturated carbocycles. The molecule has 0 aliphatic carbocycles. The molecule has 0 bridgehead atoms. The number of hydrogen-bond acceptors (Lipinski definition) is 2. The molecule has 1 rings (SSSR count). The van der Waals surface area contributed by atoms with E-state index in [9.17, 15) is 0 Å². The van der Waals surface area contributed by atoms with Crippen molar-refractivity contribution in [3.8, 4) is 0 Å². The van der Waals surface area contributed by atoms with E-state index in [4.69, 9.17) is 16.0 Å². The molecule has 2 nitrogen and oxygen atoms in total. The van der Waals surface area contributed by atoms with E-state index in [1.807, 2.05) is 0 Å². The predicted octanol–water partition coefficient (Wildman–Crippen LogP) is 1.94. The Balaban J connectivity index is 3.14. The van der Waals surface area contributed by atoms with Crippen LogP contribution in [0.5, 0.6) is 0 Å². The van der Waals surface area contributed by atoms with Crippen molar-refractivity contribution in [3.05, 3.63) is 16.8 Å². The van der Waals surface area contributed by atoms with Crippen LogP contribution in [0.1, 0.15) is 11.6 Å². The fraction of sp³-hybridized carbons (Fsp3) is 0.400. The smallest absolute Gasteiger partial charge is 0.216 e. The fourth-order valence-electron chi connectivity index (χ4n) is 0.506. The second kappa shape index (κ2) is 1.78. The summed E-state index contributed by atoms with van der Waals surface area (Å²) in [7, 11) is 0. The molecule has 0 fully saturated rings. The Kier molecular flexibility index (Phi) is 1.26. The molecule has 0 aliphatic rings. The molecule has 0 N–H and O–H groups in total. The van der Waals surface area contributed by atoms with Crippen LogP contribution in [0.3, 0.4) is 0 Å². The summed E-state index contributed by atoms with van der Waals surface area (Å²) >= 11 is 5.50. The van der Waals surface area contributed by atoms with Gasteiger partial charge in [0.15, 0.2) is 5.89 Å². The predicted molar refractivity (Wildman–Crippen MR) is 31.0 cm³/mol. The Morgan fingerprint density at radius 3 is 2.25 bits per heavy atom. The number of oxazole rings is 1. The summed E-state index contributed by atoms with van der Waals surface area (Å²) in [6.45, 7) is 3.57. The third kappa shape index (κ3) is 0.842. The molecule has 0 aliphatic heterocycles. The summed E-state index contributed by atoms with van der Waals surface area (Å²) in [6.07, 6.45) is 0. The molecular weight excluding hydrogens is 126 g/mol. The molecular formula is C5H6ClNO. The molecule has 0 unspecified atom stereocenters. The van der Waals surface area contributed by atoms with Crippen LogP contribution in [-0.2, 0) is 0 Å². The van der Waals surface area contributed by atoms with Gasteiger partial charge in [0.1, 0.15) is 0 Å². The van der Waals surface area contributed by atoms with Crippen molar-refractivity contribution >= 4 is 11.6 Å². The topological polar surface area (TPSA) is 26.0 Å². The molecule has 3 heteroatoms. The van der Waals surface area contributed by atoms with E-state index < -0.39 is 0 Å². The molecule has 0 radical (unpaired) electrons. The lowest BCUT2D eigenvalue weighted by atomic mass is 10.6. The number of hydrogen-bond donors (Lipinski definition) is 0. The third-order valence-corrected chi connectivity index (χ3v) is 1.20. The van der Waals surface area contributed by atoms with Gasteiger partial charge in [0, 0.05) is 6.92 Å². The number of nitrogens with zero attached hydrogens (tertiary/aromatic N) is 1. The van der Waals surface area contributed by atoms with Crippen LogP contribution in [0.15, 0.2) is 4.42 Å². The van der Waals surface area contributed by atoms with Crippen LogP contribution < -0.4 is 0 Å². The average molecular weight is 132 g/mol. The molecule has 1 aromatic heterocycles. The van der Waals surface area contributed by atoms with Gasteiger partial charge in [0.25, 0.3) is 0 Å². The summed E-state index contributed by atoms with van der Waals surface area (Å²) in [4.78, 5) is 3.91. The highest BCUT2D eigenvalue weighted by Crippen LogP contribution is 2.14. The quantitative estimate of drug-likeness (QED) is 0.538. The normalized spacial score (nSPS) is 9.88. The standard InChI is InChI=1S/C5H6ClNO/c1-3-5(6)8-4(2)7-3/h1-2H3. The summed E-state index contributed by atoms with van der Waals surface area (Å²) in [5.41, 5.74) is 0.754. The maximum atomic E-state index is 5.50. The van der Waals surface area contributed by atoms with E-state index in [0.717, 1.165) is 5.69 Å². The minimum absolute atomic E-state index is 0.391. The molecule has 44 valence electrons. The molecule has 0 saturated heterocycles. The summed E-state index contributed by atoms with van der Waals surface area (Å²) in [6, 6.07) is 0. The van der Waals surface area contributed by atoms with E-state index in [0.29, 0.717) is 11.1 Å². The Morgan fingerprint density at radius 2 is 2.12 bits per heavy atom. The minimum atomic E-state index is 0.391. The fourth-order valence-corrected chi connectivity index (χ4v) is 0.660. The second-order valence-electron chi connectivity index (χ2n) is 1.59. The van der Waals surface area contributed by atoms with Gasteiger partial charge < -0.3 is 4.42 Å². The van der Waals surface area contributed by atoms with Crippen molar-refractivity contribution in [2.75, 3.05) is 0 Å². The van der Waals surface area contributed by atoms with E-state index in [1.54, 1.807) is 13.8 Å². The number of aryl methyl sites for hydroxylation is 2. The van der Waals surface area contributed by atoms with E-state index in [2.05, 4.69) is 4.98 Å². The second-order valence-corrected chi connectivity index (χ2v) is 1.94. The van der Waals surface area contributed by atoms with Gasteiger partial charge in [-0.05, 0) is 18.5 Å². The average Bonchev–Trinajstić information content (AvgIpc) is 1.85. The molecule has 0 amide bonds. The Morgan fingerprint density at radius 1 is 1.50 bits per heavy atom. The van der Waals surface area contributed by atoms with Crippen LogP contribution in [0.4, 0.5) is 0 Å². The van der Waals surface area contributed by atoms with Gasteiger partial charge in [0.05, 0.1) is 5.69 Å². The minimum Gasteiger partial charge on any atom is -0.429 e. The number of halogens is 1. The Labute approximate surface area is 52.5 Å². The van der Waals surface area contributed by atoms with Gasteiger partial charge in [-0.1, -0.05) is 0 Å². The van der Waals surface area contributed by atoms with Crippen LogP contribution in [0.25, 0.3) is 0 Å². The maximum absolute atomic E-state index is 5.50. The van der Waals surface area contributed by atoms with Gasteiger partial charge in [-0.25, -0.2) is 4.98 Å². The molecule has 0 atom stereocenters. The zero-order chi connectivity index (χ0) is 6.15. The van der Waals surface area contributed by atoms with Crippen molar-refractivity contribution in [2.24, 2.45) is 0 Å².